The van der Waals surface area contributed by atoms with Crippen LogP contribution < -0.4 is 15.6 Å². The Labute approximate surface area is 151 Å². The van der Waals surface area contributed by atoms with Gasteiger partial charge in [-0.15, -0.1) is 0 Å². The van der Waals surface area contributed by atoms with E-state index in [0.29, 0.717) is 22.9 Å². The third-order valence-corrected chi connectivity index (χ3v) is 3.87. The molecule has 0 unspecified atom stereocenters. The zero-order valence-corrected chi connectivity index (χ0v) is 14.8. The van der Waals surface area contributed by atoms with Crippen molar-refractivity contribution in [1.82, 2.24) is 9.55 Å². The van der Waals surface area contributed by atoms with Gasteiger partial charge in [0.05, 0.1) is 17.8 Å². The molecular weight excluding hydrogens is 328 g/mol. The van der Waals surface area contributed by atoms with Crippen molar-refractivity contribution in [2.24, 2.45) is 7.05 Å². The second-order valence-corrected chi connectivity index (χ2v) is 6.03. The third kappa shape index (κ3) is 3.73. The fourth-order valence-corrected chi connectivity index (χ4v) is 2.50. The van der Waals surface area contributed by atoms with Crippen LogP contribution in [0.15, 0.2) is 53.5 Å². The molecule has 26 heavy (non-hydrogen) atoms. The Hall–Kier alpha value is -3.59. The van der Waals surface area contributed by atoms with Crippen molar-refractivity contribution in [1.29, 1.82) is 5.26 Å². The molecule has 0 atom stereocenters. The van der Waals surface area contributed by atoms with E-state index in [1.807, 2.05) is 32.0 Å². The van der Waals surface area contributed by atoms with E-state index in [0.717, 1.165) is 11.1 Å². The third-order valence-electron chi connectivity index (χ3n) is 3.87. The summed E-state index contributed by atoms with van der Waals surface area (Å²) in [5.41, 5.74) is 3.07. The number of anilines is 2. The monoisotopic (exact) mass is 346 g/mol. The first kappa shape index (κ1) is 17.2. The normalized spacial score (nSPS) is 10.2. The minimum atomic E-state index is -0.276. The van der Waals surface area contributed by atoms with Crippen LogP contribution in [-0.2, 0) is 7.05 Å². The molecule has 6 heteroatoms. The number of nitrogens with one attached hydrogen (secondary N) is 1. The van der Waals surface area contributed by atoms with Crippen LogP contribution >= 0.6 is 0 Å². The number of benzene rings is 2. The minimum absolute atomic E-state index is 0.152. The van der Waals surface area contributed by atoms with Gasteiger partial charge in [-0.2, -0.15) is 10.2 Å². The first-order chi connectivity index (χ1) is 12.5. The van der Waals surface area contributed by atoms with Gasteiger partial charge in [-0.05, 0) is 49.7 Å². The summed E-state index contributed by atoms with van der Waals surface area (Å²) < 4.78 is 7.28. The molecule has 0 saturated heterocycles. The Kier molecular flexibility index (Phi) is 4.72. The van der Waals surface area contributed by atoms with Gasteiger partial charge >= 0.3 is 0 Å². The van der Waals surface area contributed by atoms with Gasteiger partial charge in [0.25, 0.3) is 5.56 Å². The smallest absolute Gasteiger partial charge is 0.293 e. The Bertz CT molecular complexity index is 1050. The van der Waals surface area contributed by atoms with Gasteiger partial charge in [0.15, 0.2) is 0 Å². The van der Waals surface area contributed by atoms with Gasteiger partial charge in [0, 0.05) is 12.7 Å². The Morgan fingerprint density at radius 3 is 2.54 bits per heavy atom. The van der Waals surface area contributed by atoms with Crippen LogP contribution in [0, 0.1) is 25.2 Å². The highest BCUT2D eigenvalue weighted by Gasteiger charge is 2.10. The lowest BCUT2D eigenvalue weighted by Gasteiger charge is -2.12. The molecule has 0 saturated carbocycles. The quantitative estimate of drug-likeness (QED) is 0.777. The Morgan fingerprint density at radius 1 is 1.15 bits per heavy atom. The molecule has 1 aromatic heterocycles. The number of aromatic nitrogens is 2. The maximum absolute atomic E-state index is 12.3. The molecule has 3 rings (SSSR count). The SMILES string of the molecule is Cc1ccc(Oc2cn(C)c(=O)c(Nc3ccc(C#N)cc3)n2)c(C)c1. The molecule has 3 aromatic rings. The van der Waals surface area contributed by atoms with E-state index in [9.17, 15) is 4.79 Å². The van der Waals surface area contributed by atoms with Crippen LogP contribution in [0.3, 0.4) is 0 Å². The molecular formula is C20H18N4O2. The summed E-state index contributed by atoms with van der Waals surface area (Å²) >= 11 is 0. The van der Waals surface area contributed by atoms with Gasteiger partial charge < -0.3 is 14.6 Å². The summed E-state index contributed by atoms with van der Waals surface area (Å²) in [5.74, 6) is 1.15. The van der Waals surface area contributed by atoms with Crippen molar-refractivity contribution in [3.05, 3.63) is 75.7 Å². The van der Waals surface area contributed by atoms with Crippen molar-refractivity contribution in [2.45, 2.75) is 13.8 Å². The Balaban J connectivity index is 1.91. The summed E-state index contributed by atoms with van der Waals surface area (Å²) in [6.07, 6.45) is 1.55. The maximum atomic E-state index is 12.3. The minimum Gasteiger partial charge on any atom is -0.437 e. The van der Waals surface area contributed by atoms with Crippen molar-refractivity contribution in [3.8, 4) is 17.7 Å². The van der Waals surface area contributed by atoms with Gasteiger partial charge in [-0.25, -0.2) is 0 Å². The molecule has 0 spiro atoms. The van der Waals surface area contributed by atoms with E-state index in [1.165, 1.54) is 4.57 Å². The van der Waals surface area contributed by atoms with E-state index >= 15 is 0 Å². The molecule has 0 amide bonds. The molecule has 130 valence electrons. The van der Waals surface area contributed by atoms with Crippen molar-refractivity contribution < 1.29 is 4.74 Å². The van der Waals surface area contributed by atoms with Crippen LogP contribution in [0.1, 0.15) is 16.7 Å². The standard InChI is InChI=1S/C20H18N4O2/c1-13-4-9-17(14(2)10-13)26-18-12-24(3)20(25)19(23-18)22-16-7-5-15(11-21)6-8-16/h4-10,12H,1-3H3,(H,22,23). The molecule has 0 aliphatic rings. The topological polar surface area (TPSA) is 79.9 Å². The lowest BCUT2D eigenvalue weighted by Crippen LogP contribution is -2.21. The number of hydrogen-bond acceptors (Lipinski definition) is 5. The van der Waals surface area contributed by atoms with Crippen LogP contribution in [0.2, 0.25) is 0 Å². The average molecular weight is 346 g/mol. The van der Waals surface area contributed by atoms with Crippen molar-refractivity contribution >= 4 is 11.5 Å². The number of nitriles is 1. The van der Waals surface area contributed by atoms with Crippen LogP contribution in [0.4, 0.5) is 11.5 Å². The average Bonchev–Trinajstić information content (AvgIpc) is 2.62. The fourth-order valence-electron chi connectivity index (χ4n) is 2.50. The van der Waals surface area contributed by atoms with E-state index in [4.69, 9.17) is 10.00 Å². The van der Waals surface area contributed by atoms with Crippen molar-refractivity contribution in [3.63, 3.8) is 0 Å². The zero-order chi connectivity index (χ0) is 18.7. The summed E-state index contributed by atoms with van der Waals surface area (Å²) in [7, 11) is 1.64. The Morgan fingerprint density at radius 2 is 1.88 bits per heavy atom. The molecule has 1 N–H and O–H groups in total. The molecule has 0 radical (unpaired) electrons. The zero-order valence-electron chi connectivity index (χ0n) is 14.8. The first-order valence-corrected chi connectivity index (χ1v) is 8.06. The van der Waals surface area contributed by atoms with Gasteiger partial charge in [0.2, 0.25) is 11.7 Å². The van der Waals surface area contributed by atoms with Gasteiger partial charge in [-0.1, -0.05) is 17.7 Å². The summed E-state index contributed by atoms with van der Waals surface area (Å²) in [5, 5.41) is 11.8. The highest BCUT2D eigenvalue weighted by Crippen LogP contribution is 2.25. The number of rotatable bonds is 4. The predicted octanol–water partition coefficient (Wildman–Crippen LogP) is 3.80. The van der Waals surface area contributed by atoms with Gasteiger partial charge in [-0.3, -0.25) is 4.79 Å². The lowest BCUT2D eigenvalue weighted by molar-refractivity contribution is 0.452. The number of hydrogen-bond donors (Lipinski definition) is 1. The van der Waals surface area contributed by atoms with E-state index in [2.05, 4.69) is 16.4 Å². The molecule has 0 fully saturated rings. The predicted molar refractivity (Wildman–Crippen MR) is 99.9 cm³/mol. The maximum Gasteiger partial charge on any atom is 0.293 e. The second-order valence-electron chi connectivity index (χ2n) is 6.03. The molecule has 6 nitrogen and oxygen atoms in total. The second kappa shape index (κ2) is 7.11. The van der Waals surface area contributed by atoms with Crippen LogP contribution in [-0.4, -0.2) is 9.55 Å². The molecule has 0 aliphatic heterocycles. The van der Waals surface area contributed by atoms with Crippen molar-refractivity contribution in [2.75, 3.05) is 5.32 Å². The largest absolute Gasteiger partial charge is 0.437 e. The molecule has 0 bridgehead atoms. The fraction of sp³-hybridized carbons (Fsp3) is 0.150. The summed E-state index contributed by atoms with van der Waals surface area (Å²) in [6.45, 7) is 3.97. The summed E-state index contributed by atoms with van der Waals surface area (Å²) in [4.78, 5) is 16.6. The van der Waals surface area contributed by atoms with E-state index in [1.54, 1.807) is 37.5 Å². The van der Waals surface area contributed by atoms with Crippen LogP contribution in [0.25, 0.3) is 0 Å². The highest BCUT2D eigenvalue weighted by atomic mass is 16.5. The molecule has 0 aliphatic carbocycles. The van der Waals surface area contributed by atoms with Gasteiger partial charge in [0.1, 0.15) is 5.75 Å². The summed E-state index contributed by atoms with van der Waals surface area (Å²) in [6, 6.07) is 14.7. The van der Waals surface area contributed by atoms with Crippen LogP contribution in [0.5, 0.6) is 11.6 Å². The number of aryl methyl sites for hydroxylation is 3. The molecule has 1 heterocycles. The highest BCUT2D eigenvalue weighted by molar-refractivity contribution is 5.57. The molecule has 2 aromatic carbocycles. The lowest BCUT2D eigenvalue weighted by atomic mass is 10.1. The number of ether oxygens (including phenoxy) is 1. The number of nitrogens with zero attached hydrogens (tertiary/aromatic N) is 3. The first-order valence-electron chi connectivity index (χ1n) is 8.06. The van der Waals surface area contributed by atoms with E-state index < -0.39 is 0 Å². The van der Waals surface area contributed by atoms with E-state index in [-0.39, 0.29) is 11.4 Å².